The van der Waals surface area contributed by atoms with E-state index in [1.807, 2.05) is 0 Å². The van der Waals surface area contributed by atoms with Crippen LogP contribution in [0.2, 0.25) is 0 Å². The molecular weight excluding hydrogens is 248 g/mol. The second-order valence-electron chi connectivity index (χ2n) is 7.03. The number of hydrogen-bond acceptors (Lipinski definition) is 3. The van der Waals surface area contributed by atoms with Crippen molar-refractivity contribution in [1.82, 2.24) is 5.43 Å². The summed E-state index contributed by atoms with van der Waals surface area (Å²) in [5.74, 6) is 8.26. The Bertz CT molecular complexity index is 258. The Labute approximate surface area is 125 Å². The Balaban J connectivity index is 1.99. The summed E-state index contributed by atoms with van der Waals surface area (Å²) in [6.45, 7) is 5.30. The molecule has 3 heteroatoms. The van der Waals surface area contributed by atoms with Gasteiger partial charge >= 0.3 is 0 Å². The van der Waals surface area contributed by atoms with Gasteiger partial charge in [0.2, 0.25) is 0 Å². The summed E-state index contributed by atoms with van der Waals surface area (Å²) < 4.78 is 6.17. The minimum atomic E-state index is 0.323. The van der Waals surface area contributed by atoms with Gasteiger partial charge in [0.1, 0.15) is 0 Å². The number of rotatable bonds is 6. The SMILES string of the molecule is CCOC(C1CCCCC1)C(NN)C1CCC(C)CC1. The Hall–Kier alpha value is -0.120. The fourth-order valence-corrected chi connectivity index (χ4v) is 4.33. The molecule has 2 fully saturated rings. The summed E-state index contributed by atoms with van der Waals surface area (Å²) in [6, 6.07) is 0.352. The van der Waals surface area contributed by atoms with Crippen molar-refractivity contribution in [2.24, 2.45) is 23.6 Å². The number of hydrogen-bond donors (Lipinski definition) is 2. The van der Waals surface area contributed by atoms with E-state index >= 15 is 0 Å². The molecule has 2 aliphatic rings. The minimum Gasteiger partial charge on any atom is -0.377 e. The van der Waals surface area contributed by atoms with Gasteiger partial charge in [-0.05, 0) is 50.4 Å². The number of hydrazine groups is 1. The van der Waals surface area contributed by atoms with E-state index in [4.69, 9.17) is 10.6 Å². The molecule has 2 saturated carbocycles. The lowest BCUT2D eigenvalue weighted by molar-refractivity contribution is -0.0368. The van der Waals surface area contributed by atoms with Crippen LogP contribution >= 0.6 is 0 Å². The van der Waals surface area contributed by atoms with Crippen molar-refractivity contribution in [3.63, 3.8) is 0 Å². The van der Waals surface area contributed by atoms with Crippen molar-refractivity contribution < 1.29 is 4.74 Å². The Morgan fingerprint density at radius 2 is 1.65 bits per heavy atom. The van der Waals surface area contributed by atoms with E-state index in [0.29, 0.717) is 24.0 Å². The second-order valence-corrected chi connectivity index (χ2v) is 7.03. The van der Waals surface area contributed by atoms with E-state index in [2.05, 4.69) is 19.3 Å². The summed E-state index contributed by atoms with van der Waals surface area (Å²) in [5, 5.41) is 0. The zero-order valence-electron chi connectivity index (χ0n) is 13.4. The van der Waals surface area contributed by atoms with Crippen LogP contribution in [0.5, 0.6) is 0 Å². The van der Waals surface area contributed by atoms with Crippen molar-refractivity contribution in [2.45, 2.75) is 83.8 Å². The van der Waals surface area contributed by atoms with E-state index in [1.165, 1.54) is 57.8 Å². The molecular formula is C17H34N2O. The van der Waals surface area contributed by atoms with E-state index in [1.54, 1.807) is 0 Å². The molecule has 2 aliphatic carbocycles. The van der Waals surface area contributed by atoms with Crippen molar-refractivity contribution in [1.29, 1.82) is 0 Å². The second kappa shape index (κ2) is 8.35. The van der Waals surface area contributed by atoms with Crippen LogP contribution < -0.4 is 11.3 Å². The van der Waals surface area contributed by atoms with Crippen LogP contribution in [0.1, 0.15) is 71.6 Å². The molecule has 3 nitrogen and oxygen atoms in total. The lowest BCUT2D eigenvalue weighted by atomic mass is 9.73. The van der Waals surface area contributed by atoms with Crippen molar-refractivity contribution in [3.8, 4) is 0 Å². The standard InChI is InChI=1S/C17H34N2O/c1-3-20-17(15-7-5-4-6-8-15)16(19-18)14-11-9-13(2)10-12-14/h13-17,19H,3-12,18H2,1-2H3. The van der Waals surface area contributed by atoms with Gasteiger partial charge in [-0.1, -0.05) is 39.0 Å². The zero-order chi connectivity index (χ0) is 14.4. The summed E-state index contributed by atoms with van der Waals surface area (Å²) in [7, 11) is 0. The lowest BCUT2D eigenvalue weighted by Crippen LogP contribution is -2.53. The fourth-order valence-electron chi connectivity index (χ4n) is 4.33. The van der Waals surface area contributed by atoms with Crippen LogP contribution in [0.15, 0.2) is 0 Å². The highest BCUT2D eigenvalue weighted by atomic mass is 16.5. The molecule has 0 radical (unpaired) electrons. The first kappa shape index (κ1) is 16.3. The van der Waals surface area contributed by atoms with Crippen LogP contribution in [0, 0.1) is 17.8 Å². The Kier molecular flexibility index (Phi) is 6.79. The van der Waals surface area contributed by atoms with Gasteiger partial charge in [0.15, 0.2) is 0 Å². The topological polar surface area (TPSA) is 47.3 Å². The van der Waals surface area contributed by atoms with E-state index < -0.39 is 0 Å². The predicted molar refractivity (Wildman–Crippen MR) is 84.2 cm³/mol. The maximum Gasteiger partial charge on any atom is 0.0772 e. The zero-order valence-corrected chi connectivity index (χ0v) is 13.4. The van der Waals surface area contributed by atoms with E-state index in [9.17, 15) is 0 Å². The molecule has 0 aliphatic heterocycles. The molecule has 118 valence electrons. The van der Waals surface area contributed by atoms with Crippen LogP contribution in [0.4, 0.5) is 0 Å². The third-order valence-corrected chi connectivity index (χ3v) is 5.59. The maximum atomic E-state index is 6.17. The summed E-state index contributed by atoms with van der Waals surface area (Å²) in [6.07, 6.45) is 12.4. The van der Waals surface area contributed by atoms with Gasteiger partial charge in [0.25, 0.3) is 0 Å². The van der Waals surface area contributed by atoms with Crippen molar-refractivity contribution in [2.75, 3.05) is 6.61 Å². The molecule has 0 bridgehead atoms. The van der Waals surface area contributed by atoms with Crippen molar-refractivity contribution in [3.05, 3.63) is 0 Å². The molecule has 3 N–H and O–H groups in total. The third kappa shape index (κ3) is 4.19. The molecule has 20 heavy (non-hydrogen) atoms. The van der Waals surface area contributed by atoms with Gasteiger partial charge in [0.05, 0.1) is 12.1 Å². The normalized spacial score (nSPS) is 31.9. The minimum absolute atomic E-state index is 0.323. The molecule has 0 spiro atoms. The monoisotopic (exact) mass is 282 g/mol. The molecule has 0 aromatic heterocycles. The van der Waals surface area contributed by atoms with E-state index in [-0.39, 0.29) is 0 Å². The highest BCUT2D eigenvalue weighted by Gasteiger charge is 2.36. The lowest BCUT2D eigenvalue weighted by Gasteiger charge is -2.41. The van der Waals surface area contributed by atoms with Crippen LogP contribution in [-0.4, -0.2) is 18.8 Å². The highest BCUT2D eigenvalue weighted by molar-refractivity contribution is 4.90. The molecule has 2 unspecified atom stereocenters. The first-order valence-corrected chi connectivity index (χ1v) is 8.84. The summed E-state index contributed by atoms with van der Waals surface area (Å²) in [5.41, 5.74) is 3.14. The molecule has 0 heterocycles. The molecule has 0 saturated heterocycles. The largest absolute Gasteiger partial charge is 0.377 e. The Morgan fingerprint density at radius 1 is 1.00 bits per heavy atom. The van der Waals surface area contributed by atoms with Crippen LogP contribution in [0.3, 0.4) is 0 Å². The third-order valence-electron chi connectivity index (χ3n) is 5.59. The average molecular weight is 282 g/mol. The summed E-state index contributed by atoms with van der Waals surface area (Å²) >= 11 is 0. The first-order valence-electron chi connectivity index (χ1n) is 8.84. The number of nitrogens with two attached hydrogens (primary N) is 1. The average Bonchev–Trinajstić information content (AvgIpc) is 2.50. The van der Waals surface area contributed by atoms with Gasteiger partial charge in [-0.15, -0.1) is 0 Å². The Morgan fingerprint density at radius 3 is 2.20 bits per heavy atom. The maximum absolute atomic E-state index is 6.17. The van der Waals surface area contributed by atoms with Gasteiger partial charge < -0.3 is 4.74 Å². The van der Waals surface area contributed by atoms with Crippen molar-refractivity contribution >= 4 is 0 Å². The molecule has 2 atom stereocenters. The molecule has 2 rings (SSSR count). The first-order chi connectivity index (χ1) is 9.76. The van der Waals surface area contributed by atoms with Gasteiger partial charge in [-0.3, -0.25) is 11.3 Å². The van der Waals surface area contributed by atoms with Gasteiger partial charge in [0, 0.05) is 6.61 Å². The van der Waals surface area contributed by atoms with Gasteiger partial charge in [-0.25, -0.2) is 0 Å². The van der Waals surface area contributed by atoms with Crippen LogP contribution in [0.25, 0.3) is 0 Å². The van der Waals surface area contributed by atoms with Gasteiger partial charge in [-0.2, -0.15) is 0 Å². The highest BCUT2D eigenvalue weighted by Crippen LogP contribution is 2.36. The quantitative estimate of drug-likeness (QED) is 0.577. The summed E-state index contributed by atoms with van der Waals surface area (Å²) in [4.78, 5) is 0. The fraction of sp³-hybridized carbons (Fsp3) is 1.00. The van der Waals surface area contributed by atoms with E-state index in [0.717, 1.165) is 12.5 Å². The molecule has 0 aromatic rings. The smallest absolute Gasteiger partial charge is 0.0772 e. The predicted octanol–water partition coefficient (Wildman–Crippen LogP) is 3.63. The number of nitrogens with one attached hydrogen (secondary N) is 1. The molecule has 0 aromatic carbocycles. The van der Waals surface area contributed by atoms with Crippen LogP contribution in [-0.2, 0) is 4.74 Å². The molecule has 0 amide bonds. The number of ether oxygens (including phenoxy) is 1.